The quantitative estimate of drug-likeness (QED) is 0.412. The standard InChI is InChI=1S/C20H21NO6/c1-24-19(22)14-18(20(23)25-2)21-15-7-6-10-17(13-15)27-12-11-26-16-8-4-3-5-9-16/h3-10,13-14,21H,11-12H2,1-2H3/b18-14+. The van der Waals surface area contributed by atoms with Gasteiger partial charge in [0.25, 0.3) is 0 Å². The highest BCUT2D eigenvalue weighted by Gasteiger charge is 2.13. The van der Waals surface area contributed by atoms with Gasteiger partial charge in [-0.25, -0.2) is 9.59 Å². The first-order valence-corrected chi connectivity index (χ1v) is 8.18. The number of benzene rings is 2. The summed E-state index contributed by atoms with van der Waals surface area (Å²) < 4.78 is 20.4. The van der Waals surface area contributed by atoms with Crippen LogP contribution in [0, 0.1) is 0 Å². The third kappa shape index (κ3) is 6.74. The van der Waals surface area contributed by atoms with Crippen LogP contribution in [0.5, 0.6) is 11.5 Å². The molecule has 27 heavy (non-hydrogen) atoms. The molecular weight excluding hydrogens is 350 g/mol. The Balaban J connectivity index is 1.94. The van der Waals surface area contributed by atoms with Gasteiger partial charge in [0.2, 0.25) is 0 Å². The highest BCUT2D eigenvalue weighted by atomic mass is 16.5. The number of para-hydroxylation sites is 1. The molecule has 2 aromatic rings. The fraction of sp³-hybridized carbons (Fsp3) is 0.200. The normalized spacial score (nSPS) is 10.7. The zero-order chi connectivity index (χ0) is 19.5. The molecule has 0 aromatic heterocycles. The SMILES string of the molecule is COC(=O)/C=C(/Nc1cccc(OCCOc2ccccc2)c1)C(=O)OC. The topological polar surface area (TPSA) is 83.1 Å². The molecule has 0 spiro atoms. The van der Waals surface area contributed by atoms with Crippen LogP contribution in [0.3, 0.4) is 0 Å². The maximum Gasteiger partial charge on any atom is 0.354 e. The lowest BCUT2D eigenvalue weighted by Gasteiger charge is -2.12. The molecule has 2 aromatic carbocycles. The van der Waals surface area contributed by atoms with E-state index in [0.29, 0.717) is 24.7 Å². The molecule has 142 valence electrons. The van der Waals surface area contributed by atoms with E-state index in [4.69, 9.17) is 9.47 Å². The molecule has 0 aliphatic heterocycles. The van der Waals surface area contributed by atoms with Crippen molar-refractivity contribution in [2.75, 3.05) is 32.8 Å². The smallest absolute Gasteiger partial charge is 0.354 e. The van der Waals surface area contributed by atoms with Crippen LogP contribution in [-0.2, 0) is 19.1 Å². The summed E-state index contributed by atoms with van der Waals surface area (Å²) in [7, 11) is 2.45. The Hall–Kier alpha value is -3.48. The van der Waals surface area contributed by atoms with Gasteiger partial charge in [-0.15, -0.1) is 0 Å². The van der Waals surface area contributed by atoms with Crippen molar-refractivity contribution in [3.05, 3.63) is 66.4 Å². The Morgan fingerprint density at radius 3 is 2.22 bits per heavy atom. The number of ether oxygens (including phenoxy) is 4. The maximum absolute atomic E-state index is 11.8. The molecule has 0 aliphatic carbocycles. The number of esters is 2. The summed E-state index contributed by atoms with van der Waals surface area (Å²) in [4.78, 5) is 23.2. The summed E-state index contributed by atoms with van der Waals surface area (Å²) in [5.74, 6) is -0.0116. The zero-order valence-electron chi connectivity index (χ0n) is 15.1. The van der Waals surface area contributed by atoms with E-state index in [2.05, 4.69) is 14.8 Å². The van der Waals surface area contributed by atoms with Crippen molar-refractivity contribution in [1.82, 2.24) is 0 Å². The largest absolute Gasteiger partial charge is 0.490 e. The molecule has 2 rings (SSSR count). The van der Waals surface area contributed by atoms with E-state index in [1.165, 1.54) is 14.2 Å². The van der Waals surface area contributed by atoms with Gasteiger partial charge in [-0.05, 0) is 24.3 Å². The van der Waals surface area contributed by atoms with Crippen LogP contribution in [-0.4, -0.2) is 39.4 Å². The minimum Gasteiger partial charge on any atom is -0.490 e. The molecule has 0 aliphatic rings. The van der Waals surface area contributed by atoms with Crippen LogP contribution in [0.4, 0.5) is 5.69 Å². The summed E-state index contributed by atoms with van der Waals surface area (Å²) >= 11 is 0. The molecule has 0 unspecified atom stereocenters. The molecular formula is C20H21NO6. The van der Waals surface area contributed by atoms with E-state index in [-0.39, 0.29) is 5.70 Å². The third-order valence-electron chi connectivity index (χ3n) is 3.35. The van der Waals surface area contributed by atoms with Crippen LogP contribution in [0.1, 0.15) is 0 Å². The number of hydrogen-bond acceptors (Lipinski definition) is 7. The van der Waals surface area contributed by atoms with Gasteiger partial charge in [-0.2, -0.15) is 0 Å². The summed E-state index contributed by atoms with van der Waals surface area (Å²) in [5.41, 5.74) is 0.506. The Kier molecular flexibility index (Phi) is 7.71. The van der Waals surface area contributed by atoms with Crippen molar-refractivity contribution in [3.8, 4) is 11.5 Å². The second kappa shape index (κ2) is 10.5. The summed E-state index contributed by atoms with van der Waals surface area (Å²) in [6.45, 7) is 0.734. The van der Waals surface area contributed by atoms with Crippen molar-refractivity contribution in [1.29, 1.82) is 0 Å². The Morgan fingerprint density at radius 2 is 1.56 bits per heavy atom. The van der Waals surface area contributed by atoms with Crippen LogP contribution < -0.4 is 14.8 Å². The number of carbonyl (C=O) groups excluding carboxylic acids is 2. The van der Waals surface area contributed by atoms with Gasteiger partial charge < -0.3 is 24.3 Å². The molecule has 0 bridgehead atoms. The average molecular weight is 371 g/mol. The van der Waals surface area contributed by atoms with Crippen LogP contribution in [0.2, 0.25) is 0 Å². The zero-order valence-corrected chi connectivity index (χ0v) is 15.1. The van der Waals surface area contributed by atoms with Gasteiger partial charge in [-0.3, -0.25) is 0 Å². The Morgan fingerprint density at radius 1 is 0.889 bits per heavy atom. The summed E-state index contributed by atoms with van der Waals surface area (Å²) in [6.07, 6.45) is 1.02. The van der Waals surface area contributed by atoms with E-state index in [0.717, 1.165) is 11.8 Å². The number of nitrogens with one attached hydrogen (secondary N) is 1. The Labute approximate surface area is 157 Å². The predicted octanol–water partition coefficient (Wildman–Crippen LogP) is 2.79. The minimum absolute atomic E-state index is 0.0473. The fourth-order valence-electron chi connectivity index (χ4n) is 2.09. The molecule has 0 heterocycles. The van der Waals surface area contributed by atoms with Gasteiger partial charge in [0, 0.05) is 11.8 Å². The van der Waals surface area contributed by atoms with E-state index in [1.807, 2.05) is 30.3 Å². The van der Waals surface area contributed by atoms with E-state index >= 15 is 0 Å². The molecule has 0 radical (unpaired) electrons. The molecule has 0 saturated carbocycles. The van der Waals surface area contributed by atoms with Gasteiger partial charge in [-0.1, -0.05) is 24.3 Å². The first kappa shape index (κ1) is 19.8. The second-order valence-corrected chi connectivity index (χ2v) is 5.24. The highest BCUT2D eigenvalue weighted by Crippen LogP contribution is 2.19. The fourth-order valence-corrected chi connectivity index (χ4v) is 2.09. The first-order valence-electron chi connectivity index (χ1n) is 8.18. The Bertz CT molecular complexity index is 788. The monoisotopic (exact) mass is 371 g/mol. The first-order chi connectivity index (χ1) is 13.1. The van der Waals surface area contributed by atoms with Crippen molar-refractivity contribution in [3.63, 3.8) is 0 Å². The van der Waals surface area contributed by atoms with Gasteiger partial charge in [0.15, 0.2) is 0 Å². The van der Waals surface area contributed by atoms with Gasteiger partial charge in [0.05, 0.1) is 20.3 Å². The van der Waals surface area contributed by atoms with Crippen molar-refractivity contribution in [2.45, 2.75) is 0 Å². The lowest BCUT2D eigenvalue weighted by atomic mass is 10.2. The van der Waals surface area contributed by atoms with E-state index < -0.39 is 11.9 Å². The minimum atomic E-state index is -0.692. The lowest BCUT2D eigenvalue weighted by molar-refractivity contribution is -0.138. The van der Waals surface area contributed by atoms with Crippen molar-refractivity contribution >= 4 is 17.6 Å². The molecule has 0 saturated heterocycles. The number of carbonyl (C=O) groups is 2. The lowest BCUT2D eigenvalue weighted by Crippen LogP contribution is -2.15. The van der Waals surface area contributed by atoms with Crippen LogP contribution in [0.25, 0.3) is 0 Å². The summed E-state index contributed by atoms with van der Waals surface area (Å²) in [5, 5.41) is 2.83. The highest BCUT2D eigenvalue weighted by molar-refractivity contribution is 5.98. The van der Waals surface area contributed by atoms with E-state index in [1.54, 1.807) is 24.3 Å². The van der Waals surface area contributed by atoms with Crippen molar-refractivity contribution < 1.29 is 28.5 Å². The van der Waals surface area contributed by atoms with E-state index in [9.17, 15) is 9.59 Å². The van der Waals surface area contributed by atoms with Gasteiger partial charge >= 0.3 is 11.9 Å². The molecule has 0 amide bonds. The molecule has 7 nitrogen and oxygen atoms in total. The van der Waals surface area contributed by atoms with Crippen LogP contribution >= 0.6 is 0 Å². The number of rotatable bonds is 9. The van der Waals surface area contributed by atoms with Gasteiger partial charge in [0.1, 0.15) is 30.4 Å². The molecule has 0 fully saturated rings. The molecule has 7 heteroatoms. The molecule has 1 N–H and O–H groups in total. The molecule has 0 atom stereocenters. The summed E-state index contributed by atoms with van der Waals surface area (Å²) in [6, 6.07) is 16.4. The van der Waals surface area contributed by atoms with Crippen molar-refractivity contribution in [2.24, 2.45) is 0 Å². The number of anilines is 1. The van der Waals surface area contributed by atoms with Crippen LogP contribution in [0.15, 0.2) is 66.4 Å². The third-order valence-corrected chi connectivity index (χ3v) is 3.35. The number of hydrogen-bond donors (Lipinski definition) is 1. The number of methoxy groups -OCH3 is 2. The second-order valence-electron chi connectivity index (χ2n) is 5.24. The maximum atomic E-state index is 11.8. The average Bonchev–Trinajstić information content (AvgIpc) is 2.71. The predicted molar refractivity (Wildman–Crippen MR) is 99.6 cm³/mol.